The van der Waals surface area contributed by atoms with Crippen molar-refractivity contribution < 1.29 is 13.8 Å². The quantitative estimate of drug-likeness (QED) is 0.381. The molecule has 0 aliphatic rings. The molecule has 0 aromatic rings. The Balaban J connectivity index is 0. The maximum Gasteiger partial charge on any atom is 2.00 e. The van der Waals surface area contributed by atoms with E-state index in [1.165, 1.54) is 0 Å². The smallest absolute Gasteiger partial charge is 1.00 e. The predicted molar refractivity (Wildman–Crippen MR) is 25.5 cm³/mol. The summed E-state index contributed by atoms with van der Waals surface area (Å²) in [7, 11) is 0. The molecule has 2 nitrogen and oxygen atoms in total. The van der Waals surface area contributed by atoms with Gasteiger partial charge in [-0.25, -0.2) is 0 Å². The van der Waals surface area contributed by atoms with E-state index in [4.69, 9.17) is 0 Å². The molecule has 28 valence electrons. The Morgan fingerprint density at radius 3 is 1.00 bits per heavy atom. The molecule has 0 unspecified atom stereocenters. The van der Waals surface area contributed by atoms with Gasteiger partial charge in [0.2, 0.25) is 0 Å². The first-order chi connectivity index (χ1) is 0. The van der Waals surface area contributed by atoms with E-state index in [0.717, 1.165) is 0 Å². The molecule has 0 spiro atoms. The minimum atomic E-state index is 0. The molecule has 0 aromatic heterocycles. The summed E-state index contributed by atoms with van der Waals surface area (Å²) >= 11 is 0. The third kappa shape index (κ3) is 10.9. The van der Waals surface area contributed by atoms with Crippen LogP contribution in [0.25, 0.3) is 0 Å². The summed E-state index contributed by atoms with van der Waals surface area (Å²) in [6, 6.07) is 0. The average molecular weight is 143 g/mol. The van der Waals surface area contributed by atoms with Crippen molar-refractivity contribution in [1.29, 1.82) is 0 Å². The summed E-state index contributed by atoms with van der Waals surface area (Å²) in [4.78, 5) is 0. The monoisotopic (exact) mass is 142 g/mol. The molecule has 4 heteroatoms. The molecule has 0 saturated heterocycles. The SMILES string of the molecule is Br.O.O.[H-].[H-].[Mg+2]. The van der Waals surface area contributed by atoms with Crippen molar-refractivity contribution in [3.63, 3.8) is 0 Å². The van der Waals surface area contributed by atoms with Crippen molar-refractivity contribution in [3.05, 3.63) is 0 Å². The molecule has 0 atom stereocenters. The van der Waals surface area contributed by atoms with Crippen LogP contribution in [-0.4, -0.2) is 34.0 Å². The van der Waals surface area contributed by atoms with E-state index in [9.17, 15) is 0 Å². The van der Waals surface area contributed by atoms with Gasteiger partial charge in [0.05, 0.1) is 0 Å². The Bertz CT molecular complexity index is 11.5. The second kappa shape index (κ2) is 30.7. The van der Waals surface area contributed by atoms with Gasteiger partial charge in [-0.2, -0.15) is 0 Å². The van der Waals surface area contributed by atoms with Crippen LogP contribution in [0.2, 0.25) is 0 Å². The van der Waals surface area contributed by atoms with Crippen molar-refractivity contribution in [2.45, 2.75) is 0 Å². The van der Waals surface area contributed by atoms with Crippen molar-refractivity contribution in [2.75, 3.05) is 0 Å². The van der Waals surface area contributed by atoms with Crippen LogP contribution in [0.5, 0.6) is 0 Å². The molecule has 0 amide bonds. The summed E-state index contributed by atoms with van der Waals surface area (Å²) in [5.41, 5.74) is 0. The first kappa shape index (κ1) is 65.9. The van der Waals surface area contributed by atoms with Crippen molar-refractivity contribution in [1.82, 2.24) is 0 Å². The van der Waals surface area contributed by atoms with Gasteiger partial charge in [0.15, 0.2) is 0 Å². The Morgan fingerprint density at radius 1 is 1.00 bits per heavy atom. The fraction of sp³-hybridized carbons (Fsp3) is 0. The fourth-order valence-electron chi connectivity index (χ4n) is 0. The van der Waals surface area contributed by atoms with Gasteiger partial charge in [-0.3, -0.25) is 0 Å². The van der Waals surface area contributed by atoms with E-state index >= 15 is 0 Å². The van der Waals surface area contributed by atoms with E-state index < -0.39 is 0 Å². The molecule has 0 saturated carbocycles. The fourth-order valence-corrected chi connectivity index (χ4v) is 0. The molecular formula is H7BrMgO2. The minimum absolute atomic E-state index is 0. The minimum Gasteiger partial charge on any atom is -1.00 e. The van der Waals surface area contributed by atoms with Gasteiger partial charge in [0.25, 0.3) is 0 Å². The van der Waals surface area contributed by atoms with Crippen molar-refractivity contribution >= 4 is 40.0 Å². The zero-order chi connectivity index (χ0) is 0. The Morgan fingerprint density at radius 2 is 1.00 bits per heavy atom. The third-order valence-corrected chi connectivity index (χ3v) is 0. The molecular weight excluding hydrogens is 136 g/mol. The third-order valence-electron chi connectivity index (χ3n) is 0. The molecule has 0 aliphatic heterocycles. The van der Waals surface area contributed by atoms with Crippen LogP contribution in [0.4, 0.5) is 0 Å². The van der Waals surface area contributed by atoms with Crippen LogP contribution >= 0.6 is 17.0 Å². The van der Waals surface area contributed by atoms with E-state index in [1.807, 2.05) is 0 Å². The molecule has 0 radical (unpaired) electrons. The van der Waals surface area contributed by atoms with Crippen LogP contribution in [0, 0.1) is 0 Å². The van der Waals surface area contributed by atoms with Crippen molar-refractivity contribution in [3.8, 4) is 0 Å². The molecule has 0 bridgehead atoms. The second-order valence-electron chi connectivity index (χ2n) is 0. The standard InChI is InChI=1S/BrH.Mg.2H2O.2H/h1H;;2*1H2;;/q;+2;;;2*-1. The van der Waals surface area contributed by atoms with Crippen LogP contribution < -0.4 is 0 Å². The van der Waals surface area contributed by atoms with Gasteiger partial charge < -0.3 is 13.8 Å². The predicted octanol–water partition coefficient (Wildman–Crippen LogP) is -1.23. The number of hydrogen-bond acceptors (Lipinski definition) is 0. The van der Waals surface area contributed by atoms with E-state index in [2.05, 4.69) is 0 Å². The van der Waals surface area contributed by atoms with Crippen LogP contribution in [0.1, 0.15) is 2.85 Å². The first-order valence-corrected chi connectivity index (χ1v) is 0. The van der Waals surface area contributed by atoms with Gasteiger partial charge in [-0.05, 0) is 0 Å². The molecule has 0 fully saturated rings. The summed E-state index contributed by atoms with van der Waals surface area (Å²) in [6.45, 7) is 0. The maximum atomic E-state index is 0. The van der Waals surface area contributed by atoms with Gasteiger partial charge in [-0.15, -0.1) is 17.0 Å². The zero-order valence-corrected chi connectivity index (χ0v) is 5.24. The molecule has 0 heterocycles. The van der Waals surface area contributed by atoms with Gasteiger partial charge >= 0.3 is 23.1 Å². The average Bonchev–Trinajstić information content (AvgIpc) is 0. The van der Waals surface area contributed by atoms with Crippen LogP contribution in [-0.2, 0) is 0 Å². The van der Waals surface area contributed by atoms with Gasteiger partial charge in [0.1, 0.15) is 0 Å². The van der Waals surface area contributed by atoms with E-state index in [1.54, 1.807) is 0 Å². The first-order valence-electron chi connectivity index (χ1n) is 0. The van der Waals surface area contributed by atoms with E-state index in [0.29, 0.717) is 0 Å². The molecule has 0 aliphatic carbocycles. The Labute approximate surface area is 54.1 Å². The second-order valence-corrected chi connectivity index (χ2v) is 0. The topological polar surface area (TPSA) is 63.0 Å². The van der Waals surface area contributed by atoms with Crippen LogP contribution in [0.15, 0.2) is 0 Å². The summed E-state index contributed by atoms with van der Waals surface area (Å²) in [6.07, 6.45) is 0. The zero-order valence-electron chi connectivity index (χ0n) is 4.12. The molecule has 0 rings (SSSR count). The Hall–Kier alpha value is 1.17. The van der Waals surface area contributed by atoms with Crippen LogP contribution in [0.3, 0.4) is 0 Å². The van der Waals surface area contributed by atoms with Crippen molar-refractivity contribution in [2.24, 2.45) is 0 Å². The summed E-state index contributed by atoms with van der Waals surface area (Å²) in [5, 5.41) is 0. The number of rotatable bonds is 0. The summed E-state index contributed by atoms with van der Waals surface area (Å²) < 4.78 is 0. The van der Waals surface area contributed by atoms with Gasteiger partial charge in [0, 0.05) is 0 Å². The van der Waals surface area contributed by atoms with E-state index in [-0.39, 0.29) is 53.8 Å². The summed E-state index contributed by atoms with van der Waals surface area (Å²) in [5.74, 6) is 0. The normalized spacial score (nSPS) is 0. The molecule has 4 heavy (non-hydrogen) atoms. The molecule has 0 aromatic carbocycles. The molecule has 4 N–H and O–H groups in total. The maximum absolute atomic E-state index is 0. The number of hydrogen-bond donors (Lipinski definition) is 0. The number of halogens is 1. The van der Waals surface area contributed by atoms with Gasteiger partial charge in [-0.1, -0.05) is 0 Å². The Kier molecular flexibility index (Phi) is 506. The largest absolute Gasteiger partial charge is 2.00 e.